The number of para-hydroxylation sites is 1. The summed E-state index contributed by atoms with van der Waals surface area (Å²) in [4.78, 5) is 40.4. The Bertz CT molecular complexity index is 1060. The van der Waals surface area contributed by atoms with Crippen LogP contribution in [0.2, 0.25) is 5.15 Å². The maximum atomic E-state index is 12.6. The first-order chi connectivity index (χ1) is 13.3. The molecule has 0 aliphatic rings. The normalized spacial score (nSPS) is 11.7. The van der Waals surface area contributed by atoms with Crippen LogP contribution < -0.4 is 5.32 Å². The van der Waals surface area contributed by atoms with E-state index in [4.69, 9.17) is 16.3 Å². The maximum Gasteiger partial charge on any atom is 0.339 e. The molecule has 0 radical (unpaired) electrons. The van der Waals surface area contributed by atoms with E-state index < -0.39 is 18.0 Å². The molecule has 0 saturated carbocycles. The number of pyridine rings is 1. The minimum absolute atomic E-state index is 0.0663. The van der Waals surface area contributed by atoms with Crippen LogP contribution >= 0.6 is 11.6 Å². The van der Waals surface area contributed by atoms with Crippen molar-refractivity contribution in [2.75, 3.05) is 5.32 Å². The number of halogens is 1. The van der Waals surface area contributed by atoms with E-state index in [1.165, 1.54) is 19.9 Å². The van der Waals surface area contributed by atoms with Crippen molar-refractivity contribution in [2.24, 2.45) is 0 Å². The second kappa shape index (κ2) is 8.19. The molecule has 3 aromatic rings. The molecule has 0 aliphatic heterocycles. The predicted molar refractivity (Wildman–Crippen MR) is 107 cm³/mol. The number of Topliss-reactive ketones (excluding diaryl/α,β-unsaturated/α-hetero) is 1. The molecule has 1 amide bonds. The summed E-state index contributed by atoms with van der Waals surface area (Å²) in [6, 6.07) is 14.9. The van der Waals surface area contributed by atoms with Crippen LogP contribution in [0.4, 0.5) is 5.69 Å². The quantitative estimate of drug-likeness (QED) is 0.395. The highest BCUT2D eigenvalue weighted by atomic mass is 35.5. The molecule has 28 heavy (non-hydrogen) atoms. The lowest BCUT2D eigenvalue weighted by Crippen LogP contribution is -2.30. The summed E-state index contributed by atoms with van der Waals surface area (Å²) >= 11 is 5.99. The average Bonchev–Trinajstić information content (AvgIpc) is 2.67. The summed E-state index contributed by atoms with van der Waals surface area (Å²) in [7, 11) is 0. The fourth-order valence-electron chi connectivity index (χ4n) is 2.62. The van der Waals surface area contributed by atoms with Crippen LogP contribution in [-0.2, 0) is 9.53 Å². The number of rotatable bonds is 5. The van der Waals surface area contributed by atoms with Gasteiger partial charge in [0.15, 0.2) is 11.9 Å². The van der Waals surface area contributed by atoms with Crippen molar-refractivity contribution in [1.29, 1.82) is 0 Å². The van der Waals surface area contributed by atoms with E-state index in [-0.39, 0.29) is 16.5 Å². The number of anilines is 1. The van der Waals surface area contributed by atoms with Gasteiger partial charge in [0, 0.05) is 16.6 Å². The number of hydrogen-bond donors (Lipinski definition) is 1. The third kappa shape index (κ3) is 4.35. The number of aromatic nitrogens is 1. The summed E-state index contributed by atoms with van der Waals surface area (Å²) in [5.74, 6) is -1.23. The Balaban J connectivity index is 1.72. The van der Waals surface area contributed by atoms with Crippen molar-refractivity contribution in [3.63, 3.8) is 0 Å². The van der Waals surface area contributed by atoms with Crippen LogP contribution in [0.3, 0.4) is 0 Å². The Hall–Kier alpha value is -3.25. The van der Waals surface area contributed by atoms with Gasteiger partial charge in [-0.15, -0.1) is 0 Å². The number of hydrogen-bond acceptors (Lipinski definition) is 5. The Morgan fingerprint density at radius 2 is 1.75 bits per heavy atom. The van der Waals surface area contributed by atoms with Gasteiger partial charge in [-0.05, 0) is 50.2 Å². The van der Waals surface area contributed by atoms with Crippen molar-refractivity contribution in [3.05, 3.63) is 70.9 Å². The Labute approximate surface area is 166 Å². The molecule has 1 N–H and O–H groups in total. The minimum atomic E-state index is -1.04. The summed E-state index contributed by atoms with van der Waals surface area (Å²) < 4.78 is 5.30. The molecule has 0 fully saturated rings. The molecular weight excluding hydrogens is 380 g/mol. The smallest absolute Gasteiger partial charge is 0.339 e. The summed E-state index contributed by atoms with van der Waals surface area (Å²) in [5, 5.41) is 3.40. The van der Waals surface area contributed by atoms with Gasteiger partial charge < -0.3 is 10.1 Å². The number of ketones is 1. The van der Waals surface area contributed by atoms with Crippen LogP contribution in [0.1, 0.15) is 34.6 Å². The first kappa shape index (κ1) is 19.5. The molecule has 2 aromatic carbocycles. The van der Waals surface area contributed by atoms with E-state index in [1.54, 1.807) is 48.5 Å². The number of benzene rings is 2. The summed E-state index contributed by atoms with van der Waals surface area (Å²) in [5.41, 5.74) is 1.83. The first-order valence-electron chi connectivity index (χ1n) is 8.53. The molecule has 3 rings (SSSR count). The molecule has 0 saturated heterocycles. The SMILES string of the molecule is CC(=O)c1ccc(NC(=O)[C@@H](C)OC(=O)c2cc(Cl)nc3ccccc23)cc1. The monoisotopic (exact) mass is 396 g/mol. The predicted octanol–water partition coefficient (Wildman–Crippen LogP) is 4.27. The van der Waals surface area contributed by atoms with Gasteiger partial charge in [0.05, 0.1) is 11.1 Å². The van der Waals surface area contributed by atoms with Crippen molar-refractivity contribution in [2.45, 2.75) is 20.0 Å². The lowest BCUT2D eigenvalue weighted by Gasteiger charge is -2.14. The molecule has 6 nitrogen and oxygen atoms in total. The van der Waals surface area contributed by atoms with Gasteiger partial charge in [0.2, 0.25) is 0 Å². The van der Waals surface area contributed by atoms with Gasteiger partial charge in [-0.1, -0.05) is 29.8 Å². The highest BCUT2D eigenvalue weighted by Crippen LogP contribution is 2.22. The molecule has 0 aliphatic carbocycles. The Kier molecular flexibility index (Phi) is 5.70. The van der Waals surface area contributed by atoms with Crippen molar-refractivity contribution >= 4 is 45.9 Å². The largest absolute Gasteiger partial charge is 0.449 e. The van der Waals surface area contributed by atoms with E-state index in [0.717, 1.165) is 0 Å². The lowest BCUT2D eigenvalue weighted by atomic mass is 10.1. The van der Waals surface area contributed by atoms with Gasteiger partial charge in [0.25, 0.3) is 5.91 Å². The average molecular weight is 397 g/mol. The molecule has 1 heterocycles. The van der Waals surface area contributed by atoms with Gasteiger partial charge in [-0.3, -0.25) is 9.59 Å². The summed E-state index contributed by atoms with van der Waals surface area (Å²) in [6.07, 6.45) is -1.04. The van der Waals surface area contributed by atoms with Crippen LogP contribution in [0.15, 0.2) is 54.6 Å². The number of carbonyl (C=O) groups is 3. The molecule has 0 bridgehead atoms. The third-order valence-electron chi connectivity index (χ3n) is 4.12. The zero-order valence-corrected chi connectivity index (χ0v) is 16.0. The minimum Gasteiger partial charge on any atom is -0.449 e. The van der Waals surface area contributed by atoms with Gasteiger partial charge in [0.1, 0.15) is 5.15 Å². The molecule has 1 atom stereocenters. The molecule has 7 heteroatoms. The standard InChI is InChI=1S/C21H17ClN2O4/c1-12(25)14-7-9-15(10-8-14)23-20(26)13(2)28-21(27)17-11-19(22)24-18-6-4-3-5-16(17)18/h3-11,13H,1-2H3,(H,23,26)/t13-/m1/s1. The van der Waals surface area contributed by atoms with Crippen LogP contribution in [0, 0.1) is 0 Å². The Morgan fingerprint density at radius 1 is 1.07 bits per heavy atom. The van der Waals surface area contributed by atoms with Crippen molar-refractivity contribution in [1.82, 2.24) is 4.98 Å². The molecular formula is C21H17ClN2O4. The zero-order chi connectivity index (χ0) is 20.3. The van der Waals surface area contributed by atoms with Gasteiger partial charge in [-0.2, -0.15) is 0 Å². The second-order valence-electron chi connectivity index (χ2n) is 6.18. The van der Waals surface area contributed by atoms with E-state index in [1.807, 2.05) is 0 Å². The van der Waals surface area contributed by atoms with Crippen molar-refractivity contribution < 1.29 is 19.1 Å². The number of nitrogens with one attached hydrogen (secondary N) is 1. The lowest BCUT2D eigenvalue weighted by molar-refractivity contribution is -0.123. The molecule has 1 aromatic heterocycles. The van der Waals surface area contributed by atoms with E-state index in [9.17, 15) is 14.4 Å². The highest BCUT2D eigenvalue weighted by molar-refractivity contribution is 6.30. The van der Waals surface area contributed by atoms with Crippen LogP contribution in [0.25, 0.3) is 10.9 Å². The molecule has 0 spiro atoms. The van der Waals surface area contributed by atoms with E-state index in [2.05, 4.69) is 10.3 Å². The van der Waals surface area contributed by atoms with Crippen LogP contribution in [-0.4, -0.2) is 28.7 Å². The second-order valence-corrected chi connectivity index (χ2v) is 6.57. The van der Waals surface area contributed by atoms with Crippen LogP contribution in [0.5, 0.6) is 0 Å². The number of esters is 1. The number of carbonyl (C=O) groups excluding carboxylic acids is 3. The van der Waals surface area contributed by atoms with Gasteiger partial charge >= 0.3 is 5.97 Å². The third-order valence-corrected chi connectivity index (χ3v) is 4.31. The van der Waals surface area contributed by atoms with E-state index >= 15 is 0 Å². The number of ether oxygens (including phenoxy) is 1. The topological polar surface area (TPSA) is 85.4 Å². The molecule has 0 unspecified atom stereocenters. The fraction of sp³-hybridized carbons (Fsp3) is 0.143. The van der Waals surface area contributed by atoms with Crippen molar-refractivity contribution in [3.8, 4) is 0 Å². The maximum absolute atomic E-state index is 12.6. The number of amides is 1. The number of fused-ring (bicyclic) bond motifs is 1. The Morgan fingerprint density at radius 3 is 2.43 bits per heavy atom. The first-order valence-corrected chi connectivity index (χ1v) is 8.91. The highest BCUT2D eigenvalue weighted by Gasteiger charge is 2.21. The zero-order valence-electron chi connectivity index (χ0n) is 15.2. The van der Waals surface area contributed by atoms with Gasteiger partial charge in [-0.25, -0.2) is 9.78 Å². The number of nitrogens with zero attached hydrogens (tertiary/aromatic N) is 1. The fourth-order valence-corrected chi connectivity index (χ4v) is 2.82. The summed E-state index contributed by atoms with van der Waals surface area (Å²) in [6.45, 7) is 2.94. The molecule has 142 valence electrons. The van der Waals surface area contributed by atoms with E-state index in [0.29, 0.717) is 22.2 Å².